The van der Waals surface area contributed by atoms with E-state index < -0.39 is 12.7 Å². The first-order chi connectivity index (χ1) is 5.99. The zero-order valence-electron chi connectivity index (χ0n) is 7.40. The van der Waals surface area contributed by atoms with Crippen LogP contribution in [-0.4, -0.2) is 24.8 Å². The van der Waals surface area contributed by atoms with Gasteiger partial charge in [0.1, 0.15) is 0 Å². The van der Waals surface area contributed by atoms with Crippen LogP contribution in [0.5, 0.6) is 0 Å². The minimum atomic E-state index is -4.13. The molecule has 1 aliphatic rings. The summed E-state index contributed by atoms with van der Waals surface area (Å²) in [6.07, 6.45) is -0.529. The molecule has 0 saturated heterocycles. The Morgan fingerprint density at radius 2 is 1.85 bits per heavy atom. The van der Waals surface area contributed by atoms with Gasteiger partial charge in [0, 0.05) is 12.1 Å². The highest BCUT2D eigenvalue weighted by molar-refractivity contribution is 4.84. The zero-order valence-corrected chi connectivity index (χ0v) is 7.40. The molecule has 0 unspecified atom stereocenters. The minimum Gasteiger partial charge on any atom is -0.326 e. The molecule has 0 aromatic rings. The quantitative estimate of drug-likeness (QED) is 0.700. The van der Waals surface area contributed by atoms with Gasteiger partial charge in [-0.05, 0) is 12.8 Å². The second-order valence-electron chi connectivity index (χ2n) is 3.55. The van der Waals surface area contributed by atoms with Gasteiger partial charge in [-0.25, -0.2) is 0 Å². The Labute approximate surface area is 75.7 Å². The lowest BCUT2D eigenvalue weighted by Gasteiger charge is -2.29. The van der Waals surface area contributed by atoms with E-state index in [1.54, 1.807) is 0 Å². The molecule has 0 amide bonds. The lowest BCUT2D eigenvalue weighted by Crippen LogP contribution is -2.49. The summed E-state index contributed by atoms with van der Waals surface area (Å²) in [5.41, 5.74) is 5.68. The summed E-state index contributed by atoms with van der Waals surface area (Å²) in [6.45, 7) is -0.925. The highest BCUT2D eigenvalue weighted by atomic mass is 19.4. The van der Waals surface area contributed by atoms with Crippen molar-refractivity contribution >= 4 is 0 Å². The summed E-state index contributed by atoms with van der Waals surface area (Å²) in [5, 5.41) is 2.46. The van der Waals surface area contributed by atoms with Crippen LogP contribution in [0.3, 0.4) is 0 Å². The van der Waals surface area contributed by atoms with Crippen molar-refractivity contribution in [1.29, 1.82) is 0 Å². The van der Waals surface area contributed by atoms with Gasteiger partial charge in [-0.3, -0.25) is 0 Å². The maximum Gasteiger partial charge on any atom is 0.401 e. The Kier molecular flexibility index (Phi) is 3.55. The highest BCUT2D eigenvalue weighted by Crippen LogP contribution is 2.19. The average molecular weight is 196 g/mol. The molecule has 0 aromatic heterocycles. The van der Waals surface area contributed by atoms with E-state index in [4.69, 9.17) is 5.73 Å². The predicted molar refractivity (Wildman–Crippen MR) is 44.3 cm³/mol. The van der Waals surface area contributed by atoms with Crippen molar-refractivity contribution in [3.8, 4) is 0 Å². The molecule has 1 fully saturated rings. The molecule has 0 heterocycles. The van der Waals surface area contributed by atoms with Gasteiger partial charge >= 0.3 is 6.18 Å². The van der Waals surface area contributed by atoms with E-state index in [1.807, 2.05) is 0 Å². The molecule has 0 aromatic carbocycles. The van der Waals surface area contributed by atoms with Crippen LogP contribution < -0.4 is 11.1 Å². The van der Waals surface area contributed by atoms with Gasteiger partial charge in [0.2, 0.25) is 0 Å². The van der Waals surface area contributed by atoms with Crippen LogP contribution in [0, 0.1) is 0 Å². The Bertz CT molecular complexity index is 158. The Hall–Kier alpha value is -0.290. The van der Waals surface area contributed by atoms with Crippen LogP contribution in [0.4, 0.5) is 13.2 Å². The number of nitrogens with two attached hydrogens (primary N) is 1. The molecule has 0 bridgehead atoms. The van der Waals surface area contributed by atoms with Gasteiger partial charge in [-0.1, -0.05) is 12.8 Å². The topological polar surface area (TPSA) is 38.0 Å². The van der Waals surface area contributed by atoms with Crippen molar-refractivity contribution in [3.63, 3.8) is 0 Å². The molecule has 0 aliphatic heterocycles. The van der Waals surface area contributed by atoms with Gasteiger partial charge in [0.05, 0.1) is 6.54 Å². The van der Waals surface area contributed by atoms with Crippen molar-refractivity contribution in [2.75, 3.05) is 6.54 Å². The Morgan fingerprint density at radius 1 is 1.23 bits per heavy atom. The van der Waals surface area contributed by atoms with Crippen LogP contribution in [0.15, 0.2) is 0 Å². The third-order valence-corrected chi connectivity index (χ3v) is 2.38. The molecule has 3 N–H and O–H groups in total. The van der Waals surface area contributed by atoms with Crippen molar-refractivity contribution in [1.82, 2.24) is 5.32 Å². The van der Waals surface area contributed by atoms with Crippen LogP contribution in [-0.2, 0) is 0 Å². The molecule has 1 rings (SSSR count). The van der Waals surface area contributed by atoms with E-state index in [2.05, 4.69) is 5.32 Å². The maximum atomic E-state index is 11.8. The second kappa shape index (κ2) is 4.28. The molecule has 0 spiro atoms. The lowest BCUT2D eigenvalue weighted by atomic mass is 9.91. The number of alkyl halides is 3. The van der Waals surface area contributed by atoms with Gasteiger partial charge in [0.15, 0.2) is 0 Å². The number of halogens is 3. The van der Waals surface area contributed by atoms with Crippen LogP contribution in [0.2, 0.25) is 0 Å². The van der Waals surface area contributed by atoms with E-state index in [0.717, 1.165) is 25.7 Å². The second-order valence-corrected chi connectivity index (χ2v) is 3.55. The van der Waals surface area contributed by atoms with Gasteiger partial charge in [-0.15, -0.1) is 0 Å². The SMILES string of the molecule is N[C@H]1CCCC[C@@H]1NCC(F)(F)F. The van der Waals surface area contributed by atoms with Crippen LogP contribution in [0.1, 0.15) is 25.7 Å². The fourth-order valence-electron chi connectivity index (χ4n) is 1.66. The molecular formula is C8H15F3N2. The molecule has 1 aliphatic carbocycles. The number of nitrogens with one attached hydrogen (secondary N) is 1. The number of rotatable bonds is 2. The highest BCUT2D eigenvalue weighted by Gasteiger charge is 2.30. The summed E-state index contributed by atoms with van der Waals surface area (Å²) >= 11 is 0. The lowest BCUT2D eigenvalue weighted by molar-refractivity contribution is -0.126. The molecular weight excluding hydrogens is 181 g/mol. The molecule has 2 nitrogen and oxygen atoms in total. The van der Waals surface area contributed by atoms with Crippen LogP contribution >= 0.6 is 0 Å². The molecule has 2 atom stereocenters. The van der Waals surface area contributed by atoms with Gasteiger partial charge < -0.3 is 11.1 Å². The first kappa shape index (κ1) is 10.8. The zero-order chi connectivity index (χ0) is 9.90. The third-order valence-electron chi connectivity index (χ3n) is 2.38. The number of hydrogen-bond acceptors (Lipinski definition) is 2. The normalized spacial score (nSPS) is 30.5. The molecule has 1 saturated carbocycles. The van der Waals surface area contributed by atoms with E-state index in [1.165, 1.54) is 0 Å². The molecule has 0 radical (unpaired) electrons. The van der Waals surface area contributed by atoms with E-state index in [9.17, 15) is 13.2 Å². The smallest absolute Gasteiger partial charge is 0.326 e. The van der Waals surface area contributed by atoms with Crippen molar-refractivity contribution in [2.24, 2.45) is 5.73 Å². The molecule has 5 heteroatoms. The van der Waals surface area contributed by atoms with E-state index >= 15 is 0 Å². The fourth-order valence-corrected chi connectivity index (χ4v) is 1.66. The summed E-state index contributed by atoms with van der Waals surface area (Å²) in [6, 6.07) is -0.272. The van der Waals surface area contributed by atoms with Crippen molar-refractivity contribution in [3.05, 3.63) is 0 Å². The molecule has 78 valence electrons. The maximum absolute atomic E-state index is 11.8. The van der Waals surface area contributed by atoms with E-state index in [0.29, 0.717) is 0 Å². The van der Waals surface area contributed by atoms with Crippen molar-refractivity contribution in [2.45, 2.75) is 43.9 Å². The average Bonchev–Trinajstić information content (AvgIpc) is 2.01. The first-order valence-electron chi connectivity index (χ1n) is 4.55. The standard InChI is InChI=1S/C8H15F3N2/c9-8(10,11)5-13-7-4-2-1-3-6(7)12/h6-7,13H,1-5,12H2/t6-,7-/m0/s1. The Balaban J connectivity index is 2.27. The van der Waals surface area contributed by atoms with Crippen LogP contribution in [0.25, 0.3) is 0 Å². The first-order valence-corrected chi connectivity index (χ1v) is 4.55. The summed E-state index contributed by atoms with van der Waals surface area (Å²) in [4.78, 5) is 0. The summed E-state index contributed by atoms with van der Waals surface area (Å²) in [5.74, 6) is 0. The van der Waals surface area contributed by atoms with Gasteiger partial charge in [0.25, 0.3) is 0 Å². The summed E-state index contributed by atoms with van der Waals surface area (Å²) in [7, 11) is 0. The fraction of sp³-hybridized carbons (Fsp3) is 1.00. The van der Waals surface area contributed by atoms with Gasteiger partial charge in [-0.2, -0.15) is 13.2 Å². The Morgan fingerprint density at radius 3 is 2.38 bits per heavy atom. The largest absolute Gasteiger partial charge is 0.401 e. The van der Waals surface area contributed by atoms with E-state index in [-0.39, 0.29) is 12.1 Å². The summed E-state index contributed by atoms with van der Waals surface area (Å²) < 4.78 is 35.5. The minimum absolute atomic E-state index is 0.115. The monoisotopic (exact) mass is 196 g/mol. The number of hydrogen-bond donors (Lipinski definition) is 2. The predicted octanol–water partition coefficient (Wildman–Crippen LogP) is 1.41. The van der Waals surface area contributed by atoms with Crippen molar-refractivity contribution < 1.29 is 13.2 Å². The molecule has 13 heavy (non-hydrogen) atoms. The third kappa shape index (κ3) is 3.95.